The number of carbonyl (C=O) groups is 1. The standard InChI is InChI=1S/C11H19NO2/c12-8-4-7-10(11(13)14)9-5-2-1-3-6-9/h2,5,9-10H,1,3-4,6-8,12H2,(H,13,14). The number of rotatable bonds is 5. The van der Waals surface area contributed by atoms with Crippen molar-refractivity contribution in [1.82, 2.24) is 0 Å². The SMILES string of the molecule is NCCCC(C(=O)O)C1C=CCCC1. The molecule has 0 saturated carbocycles. The highest BCUT2D eigenvalue weighted by atomic mass is 16.4. The fraction of sp³-hybridized carbons (Fsp3) is 0.727. The second kappa shape index (κ2) is 5.81. The van der Waals surface area contributed by atoms with Crippen molar-refractivity contribution in [3.8, 4) is 0 Å². The van der Waals surface area contributed by atoms with Gasteiger partial charge >= 0.3 is 5.97 Å². The van der Waals surface area contributed by atoms with Gasteiger partial charge in [-0.05, 0) is 44.6 Å². The number of aliphatic carboxylic acids is 1. The van der Waals surface area contributed by atoms with E-state index in [1.807, 2.05) is 0 Å². The summed E-state index contributed by atoms with van der Waals surface area (Å²) in [6.45, 7) is 0.584. The van der Waals surface area contributed by atoms with Crippen molar-refractivity contribution in [2.75, 3.05) is 6.54 Å². The monoisotopic (exact) mass is 197 g/mol. The van der Waals surface area contributed by atoms with Gasteiger partial charge in [-0.2, -0.15) is 0 Å². The summed E-state index contributed by atoms with van der Waals surface area (Å²) < 4.78 is 0. The highest BCUT2D eigenvalue weighted by molar-refractivity contribution is 5.70. The predicted molar refractivity (Wildman–Crippen MR) is 55.9 cm³/mol. The first kappa shape index (κ1) is 11.2. The summed E-state index contributed by atoms with van der Waals surface area (Å²) in [5.41, 5.74) is 5.40. The van der Waals surface area contributed by atoms with E-state index in [2.05, 4.69) is 12.2 Å². The molecule has 0 bridgehead atoms. The van der Waals surface area contributed by atoms with E-state index in [4.69, 9.17) is 10.8 Å². The zero-order valence-corrected chi connectivity index (χ0v) is 8.48. The topological polar surface area (TPSA) is 63.3 Å². The average molecular weight is 197 g/mol. The first-order valence-corrected chi connectivity index (χ1v) is 5.35. The molecule has 1 aliphatic rings. The molecule has 0 aromatic heterocycles. The van der Waals surface area contributed by atoms with E-state index in [0.717, 1.165) is 25.7 Å². The predicted octanol–water partition coefficient (Wildman–Crippen LogP) is 1.78. The molecular weight excluding hydrogens is 178 g/mol. The summed E-state index contributed by atoms with van der Waals surface area (Å²) in [4.78, 5) is 11.0. The van der Waals surface area contributed by atoms with Gasteiger partial charge in [-0.3, -0.25) is 4.79 Å². The minimum absolute atomic E-state index is 0.227. The Bertz CT molecular complexity index is 213. The van der Waals surface area contributed by atoms with Crippen molar-refractivity contribution in [3.05, 3.63) is 12.2 Å². The van der Waals surface area contributed by atoms with Gasteiger partial charge in [-0.1, -0.05) is 12.2 Å². The number of carboxylic acids is 1. The molecule has 0 aliphatic heterocycles. The molecule has 2 unspecified atom stereocenters. The molecule has 0 aromatic rings. The third-order valence-corrected chi connectivity index (χ3v) is 2.84. The van der Waals surface area contributed by atoms with Gasteiger partial charge in [0.2, 0.25) is 0 Å². The quantitative estimate of drug-likeness (QED) is 0.660. The Labute approximate surface area is 85.0 Å². The van der Waals surface area contributed by atoms with E-state index in [1.165, 1.54) is 0 Å². The summed E-state index contributed by atoms with van der Waals surface area (Å²) in [6, 6.07) is 0. The van der Waals surface area contributed by atoms with E-state index in [9.17, 15) is 4.79 Å². The van der Waals surface area contributed by atoms with Crippen molar-refractivity contribution >= 4 is 5.97 Å². The number of nitrogens with two attached hydrogens (primary N) is 1. The fourth-order valence-corrected chi connectivity index (χ4v) is 2.03. The maximum absolute atomic E-state index is 11.0. The van der Waals surface area contributed by atoms with Gasteiger partial charge in [-0.15, -0.1) is 0 Å². The second-order valence-corrected chi connectivity index (χ2v) is 3.90. The Hall–Kier alpha value is -0.830. The van der Waals surface area contributed by atoms with Crippen molar-refractivity contribution in [2.45, 2.75) is 32.1 Å². The summed E-state index contributed by atoms with van der Waals surface area (Å²) in [6.07, 6.45) is 8.92. The lowest BCUT2D eigenvalue weighted by Crippen LogP contribution is -2.24. The maximum Gasteiger partial charge on any atom is 0.307 e. The van der Waals surface area contributed by atoms with Gasteiger partial charge in [0, 0.05) is 0 Å². The number of allylic oxidation sites excluding steroid dienone is 2. The van der Waals surface area contributed by atoms with Crippen LogP contribution in [0.4, 0.5) is 0 Å². The molecule has 0 radical (unpaired) electrons. The van der Waals surface area contributed by atoms with E-state index < -0.39 is 5.97 Å². The summed E-state index contributed by atoms with van der Waals surface area (Å²) in [5.74, 6) is -0.669. The molecule has 3 N–H and O–H groups in total. The van der Waals surface area contributed by atoms with Crippen LogP contribution in [0.15, 0.2) is 12.2 Å². The van der Waals surface area contributed by atoms with Gasteiger partial charge in [0.25, 0.3) is 0 Å². The molecule has 3 heteroatoms. The Morgan fingerprint density at radius 1 is 1.64 bits per heavy atom. The Morgan fingerprint density at radius 2 is 2.43 bits per heavy atom. The van der Waals surface area contributed by atoms with Crippen LogP contribution in [0, 0.1) is 11.8 Å². The van der Waals surface area contributed by atoms with Crippen LogP contribution < -0.4 is 5.73 Å². The molecule has 0 aromatic carbocycles. The average Bonchev–Trinajstić information content (AvgIpc) is 2.19. The van der Waals surface area contributed by atoms with Gasteiger partial charge in [0.05, 0.1) is 5.92 Å². The molecule has 1 aliphatic carbocycles. The van der Waals surface area contributed by atoms with Crippen LogP contribution in [0.25, 0.3) is 0 Å². The molecule has 80 valence electrons. The van der Waals surface area contributed by atoms with Crippen LogP contribution in [-0.4, -0.2) is 17.6 Å². The zero-order valence-electron chi connectivity index (χ0n) is 8.48. The summed E-state index contributed by atoms with van der Waals surface area (Å²) >= 11 is 0. The second-order valence-electron chi connectivity index (χ2n) is 3.90. The Kier molecular flexibility index (Phi) is 4.66. The van der Waals surface area contributed by atoms with Crippen LogP contribution in [0.3, 0.4) is 0 Å². The minimum Gasteiger partial charge on any atom is -0.481 e. The lowest BCUT2D eigenvalue weighted by Gasteiger charge is -2.23. The van der Waals surface area contributed by atoms with Crippen LogP contribution >= 0.6 is 0 Å². The van der Waals surface area contributed by atoms with E-state index >= 15 is 0 Å². The number of carboxylic acid groups (broad SMARTS) is 1. The maximum atomic E-state index is 11.0. The summed E-state index contributed by atoms with van der Waals surface area (Å²) in [5, 5.41) is 9.08. The summed E-state index contributed by atoms with van der Waals surface area (Å²) in [7, 11) is 0. The molecule has 3 nitrogen and oxygen atoms in total. The van der Waals surface area contributed by atoms with Crippen molar-refractivity contribution in [1.29, 1.82) is 0 Å². The van der Waals surface area contributed by atoms with Crippen LogP contribution in [0.5, 0.6) is 0 Å². The highest BCUT2D eigenvalue weighted by Crippen LogP contribution is 2.27. The van der Waals surface area contributed by atoms with Gasteiger partial charge in [0.15, 0.2) is 0 Å². The Balaban J connectivity index is 2.52. The van der Waals surface area contributed by atoms with Crippen molar-refractivity contribution in [2.24, 2.45) is 17.6 Å². The van der Waals surface area contributed by atoms with Gasteiger partial charge in [0.1, 0.15) is 0 Å². The first-order valence-electron chi connectivity index (χ1n) is 5.35. The van der Waals surface area contributed by atoms with Gasteiger partial charge < -0.3 is 10.8 Å². The zero-order chi connectivity index (χ0) is 10.4. The Morgan fingerprint density at radius 3 is 2.93 bits per heavy atom. The van der Waals surface area contributed by atoms with E-state index in [-0.39, 0.29) is 11.8 Å². The van der Waals surface area contributed by atoms with E-state index in [1.54, 1.807) is 0 Å². The molecular formula is C11H19NO2. The van der Waals surface area contributed by atoms with Crippen LogP contribution in [0.1, 0.15) is 32.1 Å². The molecule has 0 saturated heterocycles. The van der Waals surface area contributed by atoms with Crippen LogP contribution in [-0.2, 0) is 4.79 Å². The highest BCUT2D eigenvalue weighted by Gasteiger charge is 2.26. The molecule has 2 atom stereocenters. The molecule has 0 heterocycles. The largest absolute Gasteiger partial charge is 0.481 e. The van der Waals surface area contributed by atoms with Gasteiger partial charge in [-0.25, -0.2) is 0 Å². The number of hydrogen-bond donors (Lipinski definition) is 2. The molecule has 1 rings (SSSR count). The molecule has 0 spiro atoms. The lowest BCUT2D eigenvalue weighted by molar-refractivity contribution is -0.143. The third-order valence-electron chi connectivity index (χ3n) is 2.84. The van der Waals surface area contributed by atoms with Crippen LogP contribution in [0.2, 0.25) is 0 Å². The lowest BCUT2D eigenvalue weighted by atomic mass is 9.82. The fourth-order valence-electron chi connectivity index (χ4n) is 2.03. The van der Waals surface area contributed by atoms with Crippen molar-refractivity contribution < 1.29 is 9.90 Å². The minimum atomic E-state index is -0.671. The smallest absolute Gasteiger partial charge is 0.307 e. The normalized spacial score (nSPS) is 23.4. The third kappa shape index (κ3) is 3.14. The number of hydrogen-bond acceptors (Lipinski definition) is 2. The molecule has 0 fully saturated rings. The van der Waals surface area contributed by atoms with E-state index in [0.29, 0.717) is 13.0 Å². The first-order chi connectivity index (χ1) is 6.75. The molecule has 14 heavy (non-hydrogen) atoms. The van der Waals surface area contributed by atoms with Crippen molar-refractivity contribution in [3.63, 3.8) is 0 Å². The molecule has 0 amide bonds.